The van der Waals surface area contributed by atoms with E-state index in [2.05, 4.69) is 43.2 Å². The van der Waals surface area contributed by atoms with Gasteiger partial charge in [0.1, 0.15) is 37.4 Å². The molecule has 0 aliphatic rings. The van der Waals surface area contributed by atoms with Crippen molar-refractivity contribution in [3.05, 3.63) is 84.0 Å². The van der Waals surface area contributed by atoms with E-state index in [1.807, 2.05) is 0 Å². The van der Waals surface area contributed by atoms with Crippen molar-refractivity contribution >= 4 is 41.7 Å². The van der Waals surface area contributed by atoms with E-state index < -0.39 is 49.1 Å². The fourth-order valence-electron chi connectivity index (χ4n) is 4.22. The third-order valence-corrected chi connectivity index (χ3v) is 6.59. The number of esters is 1. The van der Waals surface area contributed by atoms with Crippen LogP contribution in [-0.4, -0.2) is 86.0 Å². The zero-order chi connectivity index (χ0) is 39.6. The minimum Gasteiger partial charge on any atom is -0.497 e. The molecule has 18 nitrogen and oxygen atoms in total. The summed E-state index contributed by atoms with van der Waals surface area (Å²) in [6.45, 7) is 8.96. The van der Waals surface area contributed by atoms with Crippen LogP contribution in [-0.2, 0) is 28.5 Å². The summed E-state index contributed by atoms with van der Waals surface area (Å²) >= 11 is 0. The van der Waals surface area contributed by atoms with E-state index in [-0.39, 0.29) is 54.7 Å². The summed E-state index contributed by atoms with van der Waals surface area (Å²) in [6, 6.07) is 9.26. The Morgan fingerprint density at radius 2 is 1.72 bits per heavy atom. The molecule has 0 fully saturated rings. The number of amides is 1. The number of nitrogens with one attached hydrogen (secondary N) is 4. The molecule has 0 bridgehead atoms. The second-order valence-electron chi connectivity index (χ2n) is 11.5. The van der Waals surface area contributed by atoms with Crippen molar-refractivity contribution in [2.24, 2.45) is 4.99 Å². The van der Waals surface area contributed by atoms with E-state index >= 15 is 4.39 Å². The van der Waals surface area contributed by atoms with E-state index in [1.165, 1.54) is 38.6 Å². The molecular weight excluding hydrogens is 711 g/mol. The Kier molecular flexibility index (Phi) is 16.4. The molecule has 1 aromatic heterocycles. The largest absolute Gasteiger partial charge is 0.511 e. The van der Waals surface area contributed by atoms with Gasteiger partial charge in [-0.2, -0.15) is 4.99 Å². The van der Waals surface area contributed by atoms with Gasteiger partial charge in [-0.05, 0) is 62.7 Å². The quantitative estimate of drug-likeness (QED) is 0.0250. The van der Waals surface area contributed by atoms with Crippen LogP contribution in [0.25, 0.3) is 0 Å². The average molecular weight is 756 g/mol. The topological polar surface area (TPSA) is 242 Å². The number of quaternary nitrogens is 1. The minimum atomic E-state index is -1.13. The first kappa shape index (κ1) is 41.9. The molecular formula is C35H44FN8O10+. The smallest absolute Gasteiger partial charge is 0.497 e. The molecule has 7 N–H and O–H groups in total. The van der Waals surface area contributed by atoms with E-state index in [0.29, 0.717) is 16.8 Å². The molecule has 0 aliphatic heterocycles. The maximum absolute atomic E-state index is 16.3. The Bertz CT molecular complexity index is 1780. The van der Waals surface area contributed by atoms with Crippen molar-refractivity contribution in [3.63, 3.8) is 0 Å². The van der Waals surface area contributed by atoms with Gasteiger partial charge in [-0.25, -0.2) is 23.9 Å². The SMILES string of the molecule is C=C(C)COC(=O)NC(=N)c1ccc(N[C@H](c2cc(OC)cc(OCCOC(C)=O)c2F)C([NH3+])/N=C(\Nc2ncccn2)OCOC(=O)OC(C)C)cc1. The molecule has 1 amide bonds. The molecule has 290 valence electrons. The number of aliphatic imine (C=N–C) groups is 1. The first-order valence-electron chi connectivity index (χ1n) is 16.3. The number of amidine groups is 2. The molecule has 3 aromatic rings. The number of carbonyl (C=O) groups is 3. The molecule has 1 heterocycles. The van der Waals surface area contributed by atoms with Crippen LogP contribution in [0.1, 0.15) is 44.9 Å². The van der Waals surface area contributed by atoms with Gasteiger partial charge in [0, 0.05) is 42.2 Å². The fraction of sp³-hybridized carbons (Fsp3) is 0.343. The highest BCUT2D eigenvalue weighted by atomic mass is 19.1. The number of ether oxygens (including phenoxy) is 7. The Labute approximate surface area is 310 Å². The van der Waals surface area contributed by atoms with Gasteiger partial charge in [0.05, 0.1) is 13.2 Å². The van der Waals surface area contributed by atoms with Crippen molar-refractivity contribution in [2.45, 2.75) is 46.0 Å². The van der Waals surface area contributed by atoms with Gasteiger partial charge in [0.25, 0.3) is 6.02 Å². The summed E-state index contributed by atoms with van der Waals surface area (Å²) in [6.07, 6.45) is -0.442. The van der Waals surface area contributed by atoms with Crippen LogP contribution in [0.5, 0.6) is 11.5 Å². The Hall–Kier alpha value is -6.50. The second-order valence-corrected chi connectivity index (χ2v) is 11.5. The number of halogens is 1. The maximum atomic E-state index is 16.3. The molecule has 2 atom stereocenters. The predicted octanol–water partition coefficient (Wildman–Crippen LogP) is 3.92. The summed E-state index contributed by atoms with van der Waals surface area (Å²) < 4.78 is 52.9. The summed E-state index contributed by atoms with van der Waals surface area (Å²) in [5.74, 6) is -1.48. The molecule has 1 unspecified atom stereocenters. The van der Waals surface area contributed by atoms with Crippen molar-refractivity contribution in [1.29, 1.82) is 5.41 Å². The van der Waals surface area contributed by atoms with Gasteiger partial charge < -0.3 is 44.2 Å². The molecule has 19 heteroatoms. The normalized spacial score (nSPS) is 12.0. The Morgan fingerprint density at radius 3 is 2.35 bits per heavy atom. The van der Waals surface area contributed by atoms with Crippen LogP contribution in [0.2, 0.25) is 0 Å². The van der Waals surface area contributed by atoms with E-state index in [9.17, 15) is 14.4 Å². The van der Waals surface area contributed by atoms with Gasteiger partial charge in [0.15, 0.2) is 11.6 Å². The van der Waals surface area contributed by atoms with E-state index in [0.717, 1.165) is 0 Å². The van der Waals surface area contributed by atoms with Crippen LogP contribution >= 0.6 is 0 Å². The number of methoxy groups -OCH3 is 1. The number of aromatic nitrogens is 2. The zero-order valence-corrected chi connectivity index (χ0v) is 30.5. The molecule has 3 rings (SSSR count). The lowest BCUT2D eigenvalue weighted by Gasteiger charge is -2.24. The zero-order valence-electron chi connectivity index (χ0n) is 30.5. The third kappa shape index (κ3) is 14.3. The predicted molar refractivity (Wildman–Crippen MR) is 192 cm³/mol. The minimum absolute atomic E-state index is 0.00379. The molecule has 0 saturated heterocycles. The number of nitrogens with zero attached hydrogens (tertiary/aromatic N) is 3. The molecule has 2 aromatic carbocycles. The standard InChI is InChI=1S/C35H43FN8O10/c1-20(2)18-51-34(46)43-30(37)23-8-10-24(11-9-23)41-29(26-16-25(48-6)17-27(28(26)36)50-15-14-49-22(5)45)31(38)42-33(44-32-39-12-7-13-40-32)52-19-53-35(47)54-21(3)4/h7-13,16-17,21,29,31,41H,1,14-15,18-19,38H2,2-6H3,(H2,37,43,46)(H,39,40,42,44)/p+1/t29-,31?/m1/s1. The summed E-state index contributed by atoms with van der Waals surface area (Å²) in [5, 5.41) is 16.6. The number of hydrogen-bond donors (Lipinski definition) is 5. The Morgan fingerprint density at radius 1 is 1.02 bits per heavy atom. The number of rotatable bonds is 17. The number of anilines is 2. The van der Waals surface area contributed by atoms with E-state index in [1.54, 1.807) is 51.1 Å². The van der Waals surface area contributed by atoms with Crippen molar-refractivity contribution in [2.75, 3.05) is 44.4 Å². The van der Waals surface area contributed by atoms with Gasteiger partial charge in [-0.3, -0.25) is 20.8 Å². The first-order valence-corrected chi connectivity index (χ1v) is 16.3. The van der Waals surface area contributed by atoms with E-state index in [4.69, 9.17) is 38.6 Å². The second kappa shape index (κ2) is 21.1. The number of carbonyl (C=O) groups excluding carboxylic acids is 3. The van der Waals surface area contributed by atoms with Crippen LogP contribution < -0.4 is 31.2 Å². The summed E-state index contributed by atoms with van der Waals surface area (Å²) in [4.78, 5) is 48.0. The number of alkyl carbamates (subject to hydrolysis) is 1. The lowest BCUT2D eigenvalue weighted by Crippen LogP contribution is -2.64. The molecule has 0 spiro atoms. The summed E-state index contributed by atoms with van der Waals surface area (Å²) in [5.41, 5.74) is 5.53. The third-order valence-electron chi connectivity index (χ3n) is 6.59. The lowest BCUT2D eigenvalue weighted by atomic mass is 10.0. The Balaban J connectivity index is 2.00. The van der Waals surface area contributed by atoms with Gasteiger partial charge in [-0.1, -0.05) is 6.58 Å². The van der Waals surface area contributed by atoms with Crippen LogP contribution in [0.3, 0.4) is 0 Å². The van der Waals surface area contributed by atoms with Crippen LogP contribution in [0, 0.1) is 11.2 Å². The maximum Gasteiger partial charge on any atom is 0.511 e. The van der Waals surface area contributed by atoms with Crippen molar-refractivity contribution in [3.8, 4) is 11.5 Å². The number of hydrogen-bond acceptors (Lipinski definition) is 15. The first-order chi connectivity index (χ1) is 25.7. The van der Waals surface area contributed by atoms with Crippen molar-refractivity contribution in [1.82, 2.24) is 15.3 Å². The van der Waals surface area contributed by atoms with Crippen molar-refractivity contribution < 1.29 is 57.7 Å². The lowest BCUT2D eigenvalue weighted by molar-refractivity contribution is -0.421. The van der Waals surface area contributed by atoms with Crippen LogP contribution in [0.4, 0.5) is 25.6 Å². The fourth-order valence-corrected chi connectivity index (χ4v) is 4.22. The van der Waals surface area contributed by atoms with Crippen LogP contribution in [0.15, 0.2) is 72.0 Å². The highest BCUT2D eigenvalue weighted by Gasteiger charge is 2.30. The number of benzene rings is 2. The van der Waals surface area contributed by atoms with Gasteiger partial charge >= 0.3 is 18.2 Å². The monoisotopic (exact) mass is 755 g/mol. The highest BCUT2D eigenvalue weighted by Crippen LogP contribution is 2.34. The molecule has 0 radical (unpaired) electrons. The molecule has 54 heavy (non-hydrogen) atoms. The van der Waals surface area contributed by atoms with Gasteiger partial charge in [-0.15, -0.1) is 0 Å². The summed E-state index contributed by atoms with van der Waals surface area (Å²) in [7, 11) is 1.39. The molecule has 0 aliphatic carbocycles. The average Bonchev–Trinajstić information content (AvgIpc) is 3.12. The van der Waals surface area contributed by atoms with Gasteiger partial charge in [0.2, 0.25) is 18.9 Å². The highest BCUT2D eigenvalue weighted by molar-refractivity contribution is 6.04. The molecule has 0 saturated carbocycles.